The van der Waals surface area contributed by atoms with Crippen LogP contribution in [0.25, 0.3) is 0 Å². The van der Waals surface area contributed by atoms with Gasteiger partial charge in [-0.1, -0.05) is 0 Å². The first-order valence-corrected chi connectivity index (χ1v) is 11.8. The number of nitro benzene ring substituents is 1. The Morgan fingerprint density at radius 2 is 1.20 bits per heavy atom. The zero-order valence-corrected chi connectivity index (χ0v) is 18.8. The first-order chi connectivity index (χ1) is 14.5. The summed E-state index contributed by atoms with van der Waals surface area (Å²) >= 11 is 17.9. The van der Waals surface area contributed by atoms with Gasteiger partial charge in [0.25, 0.3) is 5.69 Å². The number of alkyl halides is 3. The number of halogens is 3. The molecule has 3 unspecified atom stereocenters. The van der Waals surface area contributed by atoms with E-state index in [0.717, 1.165) is 61.2 Å². The van der Waals surface area contributed by atoms with Crippen LogP contribution in [0.4, 0.5) is 5.69 Å². The summed E-state index contributed by atoms with van der Waals surface area (Å²) in [5, 5.41) is 12.2. The minimum absolute atomic E-state index is 0.0344. The first kappa shape index (κ1) is 21.7. The van der Waals surface area contributed by atoms with E-state index >= 15 is 0 Å². The van der Waals surface area contributed by atoms with Gasteiger partial charge in [-0.05, 0) is 56.2 Å². The lowest BCUT2D eigenvalue weighted by Crippen LogP contribution is -2.08. The average molecular weight is 470 g/mol. The molecular formula is C21H23Cl3N4O2. The number of hydrogen-bond acceptors (Lipinski definition) is 5. The number of aliphatic imine (C=N–C) groups is 3. The summed E-state index contributed by atoms with van der Waals surface area (Å²) in [5.41, 5.74) is 5.19. The van der Waals surface area contributed by atoms with Crippen LogP contribution in [0.15, 0.2) is 27.1 Å². The normalized spacial score (nSPS) is 26.0. The fraction of sp³-hybridized carbons (Fsp3) is 0.571. The molecule has 9 heteroatoms. The Balaban J connectivity index is 1.85. The summed E-state index contributed by atoms with van der Waals surface area (Å²) in [6.45, 7) is 0. The molecule has 6 nitrogen and oxygen atoms in total. The van der Waals surface area contributed by atoms with E-state index in [1.165, 1.54) is 0 Å². The fourth-order valence-electron chi connectivity index (χ4n) is 4.57. The third-order valence-corrected chi connectivity index (χ3v) is 7.00. The van der Waals surface area contributed by atoms with Gasteiger partial charge in [0.1, 0.15) is 0 Å². The van der Waals surface area contributed by atoms with Gasteiger partial charge in [0.15, 0.2) is 0 Å². The Morgan fingerprint density at radius 3 is 1.57 bits per heavy atom. The zero-order chi connectivity index (χ0) is 21.3. The zero-order valence-electron chi connectivity index (χ0n) is 16.5. The van der Waals surface area contributed by atoms with Crippen molar-refractivity contribution in [3.63, 3.8) is 0 Å². The molecule has 0 fully saturated rings. The lowest BCUT2D eigenvalue weighted by molar-refractivity contribution is -0.386. The highest BCUT2D eigenvalue weighted by molar-refractivity contribution is 6.29. The average Bonchev–Trinajstić information content (AvgIpc) is 3.52. The molecule has 0 aromatic heterocycles. The van der Waals surface area contributed by atoms with Crippen LogP contribution in [0, 0.1) is 10.1 Å². The van der Waals surface area contributed by atoms with E-state index in [1.807, 2.05) is 12.1 Å². The molecule has 0 saturated carbocycles. The molecule has 0 radical (unpaired) electrons. The molecule has 0 amide bonds. The Hall–Kier alpha value is -1.50. The molecule has 30 heavy (non-hydrogen) atoms. The maximum atomic E-state index is 12.2. The number of nitrogens with zero attached hydrogens (tertiary/aromatic N) is 4. The van der Waals surface area contributed by atoms with Crippen molar-refractivity contribution in [2.24, 2.45) is 15.0 Å². The van der Waals surface area contributed by atoms with E-state index in [9.17, 15) is 10.1 Å². The van der Waals surface area contributed by atoms with Crippen molar-refractivity contribution < 1.29 is 4.92 Å². The van der Waals surface area contributed by atoms with Gasteiger partial charge in [0, 0.05) is 17.1 Å². The molecule has 3 heterocycles. The minimum Gasteiger partial charge on any atom is -0.285 e. The third kappa shape index (κ3) is 4.27. The van der Waals surface area contributed by atoms with Crippen LogP contribution in [-0.4, -0.2) is 39.7 Å². The van der Waals surface area contributed by atoms with Gasteiger partial charge in [-0.3, -0.25) is 25.1 Å². The standard InChI is InChI=1S/C21H23Cl3N4O2/c22-9-13-1-4-18(25-13)12-7-16(19-5-2-14(10-23)26-19)21(28(29)30)17(8-12)20-6-3-15(11-24)27-20/h7-8,18-20H,1-6,9-11H2. The smallest absolute Gasteiger partial charge is 0.280 e. The van der Waals surface area contributed by atoms with Crippen LogP contribution in [-0.2, 0) is 0 Å². The van der Waals surface area contributed by atoms with Crippen molar-refractivity contribution in [2.45, 2.75) is 56.7 Å². The Labute approximate surface area is 190 Å². The molecule has 3 aliphatic heterocycles. The molecule has 1 aromatic rings. The van der Waals surface area contributed by atoms with E-state index in [-0.39, 0.29) is 28.7 Å². The molecule has 0 bridgehead atoms. The molecule has 3 aliphatic rings. The molecule has 160 valence electrons. The van der Waals surface area contributed by atoms with E-state index in [2.05, 4.69) is 9.98 Å². The number of benzene rings is 1. The highest BCUT2D eigenvalue weighted by atomic mass is 35.5. The van der Waals surface area contributed by atoms with Crippen LogP contribution in [0.5, 0.6) is 0 Å². The first-order valence-electron chi connectivity index (χ1n) is 10.2. The number of nitro groups is 1. The van der Waals surface area contributed by atoms with Gasteiger partial charge in [0.2, 0.25) is 0 Å². The number of rotatable bonds is 7. The maximum Gasteiger partial charge on any atom is 0.280 e. The van der Waals surface area contributed by atoms with E-state index in [1.54, 1.807) is 0 Å². The molecule has 0 aliphatic carbocycles. The van der Waals surface area contributed by atoms with Crippen LogP contribution >= 0.6 is 34.8 Å². The van der Waals surface area contributed by atoms with Crippen molar-refractivity contribution in [1.82, 2.24) is 0 Å². The maximum absolute atomic E-state index is 12.2. The van der Waals surface area contributed by atoms with Crippen molar-refractivity contribution in [2.75, 3.05) is 17.6 Å². The summed E-state index contributed by atoms with van der Waals surface area (Å²) in [5.74, 6) is 1.13. The summed E-state index contributed by atoms with van der Waals surface area (Å²) in [4.78, 5) is 26.0. The second-order valence-corrected chi connectivity index (χ2v) is 8.76. The largest absolute Gasteiger partial charge is 0.285 e. The number of hydrogen-bond donors (Lipinski definition) is 0. The Bertz CT molecular complexity index is 893. The second kappa shape index (κ2) is 9.33. The van der Waals surface area contributed by atoms with Crippen molar-refractivity contribution in [3.8, 4) is 0 Å². The van der Waals surface area contributed by atoms with Crippen LogP contribution in [0.1, 0.15) is 73.3 Å². The molecule has 3 atom stereocenters. The SMILES string of the molecule is O=[N+]([O-])c1c(C2CCC(CCl)=N2)cc(C2CCC(CCl)=N2)cc1C1CCC(CCl)=N1. The molecule has 4 rings (SSSR count). The predicted molar refractivity (Wildman–Crippen MR) is 123 cm³/mol. The van der Waals surface area contributed by atoms with Crippen LogP contribution in [0.3, 0.4) is 0 Å². The topological polar surface area (TPSA) is 80.2 Å². The van der Waals surface area contributed by atoms with Gasteiger partial charge in [-0.25, -0.2) is 0 Å². The highest BCUT2D eigenvalue weighted by Gasteiger charge is 2.35. The molecule has 1 aromatic carbocycles. The van der Waals surface area contributed by atoms with E-state index in [4.69, 9.17) is 39.8 Å². The monoisotopic (exact) mass is 468 g/mol. The lowest BCUT2D eigenvalue weighted by Gasteiger charge is -2.18. The van der Waals surface area contributed by atoms with Crippen LogP contribution < -0.4 is 0 Å². The van der Waals surface area contributed by atoms with E-state index < -0.39 is 0 Å². The summed E-state index contributed by atoms with van der Waals surface area (Å²) in [6.07, 6.45) is 4.70. The minimum atomic E-state index is -0.279. The Morgan fingerprint density at radius 1 is 0.800 bits per heavy atom. The van der Waals surface area contributed by atoms with Crippen LogP contribution in [0.2, 0.25) is 0 Å². The van der Waals surface area contributed by atoms with Gasteiger partial charge >= 0.3 is 0 Å². The lowest BCUT2D eigenvalue weighted by atomic mass is 9.89. The third-order valence-electron chi connectivity index (χ3n) is 6.07. The summed E-state index contributed by atoms with van der Waals surface area (Å²) < 4.78 is 0. The van der Waals surface area contributed by atoms with Crippen molar-refractivity contribution in [3.05, 3.63) is 38.9 Å². The highest BCUT2D eigenvalue weighted by Crippen LogP contribution is 2.45. The van der Waals surface area contributed by atoms with Crippen molar-refractivity contribution in [1.29, 1.82) is 0 Å². The summed E-state index contributed by atoms with van der Waals surface area (Å²) in [6, 6.07) is 3.31. The van der Waals surface area contributed by atoms with Gasteiger partial charge < -0.3 is 0 Å². The van der Waals surface area contributed by atoms with E-state index in [0.29, 0.717) is 28.8 Å². The van der Waals surface area contributed by atoms with Crippen molar-refractivity contribution >= 4 is 57.6 Å². The molecule has 0 N–H and O–H groups in total. The predicted octanol–water partition coefficient (Wildman–Crippen LogP) is 6.14. The fourth-order valence-corrected chi connectivity index (χ4v) is 5.18. The van der Waals surface area contributed by atoms with Gasteiger partial charge in [-0.15, -0.1) is 34.8 Å². The summed E-state index contributed by atoms with van der Waals surface area (Å²) in [7, 11) is 0. The molecule has 0 saturated heterocycles. The Kier molecular flexibility index (Phi) is 6.75. The quantitative estimate of drug-likeness (QED) is 0.273. The van der Waals surface area contributed by atoms with Gasteiger partial charge in [0.05, 0.1) is 51.8 Å². The van der Waals surface area contributed by atoms with Gasteiger partial charge in [-0.2, -0.15) is 0 Å². The molecular weight excluding hydrogens is 447 g/mol. The molecule has 0 spiro atoms. The second-order valence-electron chi connectivity index (χ2n) is 7.96.